The van der Waals surface area contributed by atoms with Crippen molar-refractivity contribution in [3.05, 3.63) is 0 Å². The molecule has 0 aromatic carbocycles. The van der Waals surface area contributed by atoms with Gasteiger partial charge in [0.1, 0.15) is 0 Å². The molecular weight excluding hydrogens is 337 g/mol. The zero-order valence-electron chi connectivity index (χ0n) is 16.6. The molecule has 1 N–H and O–H groups in total. The van der Waals surface area contributed by atoms with Crippen LogP contribution in [-0.2, 0) is 8.88 Å². The summed E-state index contributed by atoms with van der Waals surface area (Å²) in [4.78, 5) is 0. The predicted octanol–water partition coefficient (Wildman–Crippen LogP) is 6.42. The van der Waals surface area contributed by atoms with Crippen molar-refractivity contribution in [2.75, 3.05) is 32.1 Å². The first-order chi connectivity index (χ1) is 11.3. The van der Waals surface area contributed by atoms with Crippen molar-refractivity contribution in [1.29, 1.82) is 0 Å². The Balaban J connectivity index is 1.93. The van der Waals surface area contributed by atoms with Crippen molar-refractivity contribution in [2.24, 2.45) is 0 Å². The van der Waals surface area contributed by atoms with Gasteiger partial charge in [-0.15, -0.1) is 0 Å². The Morgan fingerprint density at radius 1 is 0.833 bits per heavy atom. The van der Waals surface area contributed by atoms with Gasteiger partial charge in [0.2, 0.25) is 0 Å². The Morgan fingerprint density at radius 3 is 1.75 bits per heavy atom. The Hall–Kier alpha value is 0.805. The van der Waals surface area contributed by atoms with E-state index in [-0.39, 0.29) is 0 Å². The van der Waals surface area contributed by atoms with Crippen LogP contribution >= 0.6 is 15.0 Å². The molecule has 1 saturated heterocycles. The third kappa shape index (κ3) is 11.4. The molecule has 6 heteroatoms. The second kappa shape index (κ2) is 11.5. The normalized spacial score (nSPS) is 24.5. The van der Waals surface area contributed by atoms with Gasteiger partial charge in [-0.25, -0.2) is 0 Å². The van der Waals surface area contributed by atoms with Crippen molar-refractivity contribution in [3.63, 3.8) is 0 Å². The first-order valence-electron chi connectivity index (χ1n) is 10.1. The van der Waals surface area contributed by atoms with Crippen LogP contribution in [0.15, 0.2) is 0 Å². The Kier molecular flexibility index (Phi) is 11.0. The van der Waals surface area contributed by atoms with Crippen LogP contribution in [0.25, 0.3) is 0 Å². The minimum absolute atomic E-state index is 0.503. The average Bonchev–Trinajstić information content (AvgIpc) is 2.45. The van der Waals surface area contributed by atoms with Gasteiger partial charge < -0.3 is 0 Å². The van der Waals surface area contributed by atoms with Crippen LogP contribution < -0.4 is 0 Å². The maximum absolute atomic E-state index is 9.78. The SMILES string of the molecule is CCCCCCCCCCCCCCP1CP(C)(C)(C)OB(O)O1. The summed E-state index contributed by atoms with van der Waals surface area (Å²) in [5, 5.41) is 9.78. The molecule has 1 heterocycles. The van der Waals surface area contributed by atoms with Crippen LogP contribution in [-0.4, -0.2) is 44.4 Å². The van der Waals surface area contributed by atoms with Gasteiger partial charge in [-0.3, -0.25) is 0 Å². The molecule has 0 aromatic heterocycles. The molecule has 1 rings (SSSR count). The summed E-state index contributed by atoms with van der Waals surface area (Å²) >= 11 is 0. The summed E-state index contributed by atoms with van der Waals surface area (Å²) in [6.45, 7) is 6.71. The molecule has 1 aliphatic heterocycles. The second-order valence-corrected chi connectivity index (χ2v) is 17.6. The van der Waals surface area contributed by atoms with E-state index in [1.807, 2.05) is 0 Å². The van der Waals surface area contributed by atoms with E-state index in [0.717, 1.165) is 12.1 Å². The van der Waals surface area contributed by atoms with Crippen LogP contribution in [0, 0.1) is 0 Å². The zero-order valence-corrected chi connectivity index (χ0v) is 18.4. The zero-order chi connectivity index (χ0) is 17.9. The summed E-state index contributed by atoms with van der Waals surface area (Å²) < 4.78 is 11.3. The van der Waals surface area contributed by atoms with Crippen LogP contribution in [0.4, 0.5) is 0 Å². The summed E-state index contributed by atoms with van der Waals surface area (Å²) in [5.74, 6) is 1.04. The number of unbranched alkanes of at least 4 members (excludes halogenated alkanes) is 11. The van der Waals surface area contributed by atoms with Gasteiger partial charge in [-0.05, 0) is 0 Å². The van der Waals surface area contributed by atoms with E-state index >= 15 is 0 Å². The molecule has 1 unspecified atom stereocenters. The number of hydrogen-bond acceptors (Lipinski definition) is 3. The maximum atomic E-state index is 9.78. The summed E-state index contributed by atoms with van der Waals surface area (Å²) in [6.07, 6.45) is 17.7. The topological polar surface area (TPSA) is 38.7 Å². The monoisotopic (exact) mass is 378 g/mol. The van der Waals surface area contributed by atoms with Gasteiger partial charge in [0.05, 0.1) is 0 Å². The molecule has 1 aliphatic rings. The van der Waals surface area contributed by atoms with Crippen molar-refractivity contribution < 1.29 is 13.9 Å². The molecular formula is C18H41BO3P2. The fourth-order valence-corrected chi connectivity index (χ4v) is 10.5. The Bertz CT molecular complexity index is 334. The number of hydrogen-bond donors (Lipinski definition) is 1. The van der Waals surface area contributed by atoms with E-state index < -0.39 is 22.3 Å². The molecule has 0 bridgehead atoms. The van der Waals surface area contributed by atoms with Gasteiger partial charge in [0.25, 0.3) is 0 Å². The molecule has 1 atom stereocenters. The molecule has 144 valence electrons. The second-order valence-electron chi connectivity index (χ2n) is 8.72. The summed E-state index contributed by atoms with van der Waals surface area (Å²) in [7, 11) is -1.49. The molecule has 0 aliphatic carbocycles. The quantitative estimate of drug-likeness (QED) is 0.228. The van der Waals surface area contributed by atoms with E-state index in [1.54, 1.807) is 0 Å². The fraction of sp³-hybridized carbons (Fsp3) is 1.00. The van der Waals surface area contributed by atoms with E-state index in [9.17, 15) is 5.02 Å². The summed E-state index contributed by atoms with van der Waals surface area (Å²) in [6, 6.07) is 0. The van der Waals surface area contributed by atoms with Crippen molar-refractivity contribution >= 4 is 22.3 Å². The molecule has 0 amide bonds. The molecule has 0 aromatic rings. The standard InChI is InChI=1S/C18H41BO3P2/c1-5-6-7-8-9-10-11-12-13-14-15-16-17-23-18-24(2,3,4)22-19(20)21-23/h20H,5-18H2,1-4H3. The van der Waals surface area contributed by atoms with Gasteiger partial charge >= 0.3 is 126 Å². The van der Waals surface area contributed by atoms with Crippen LogP contribution in [0.3, 0.4) is 0 Å². The van der Waals surface area contributed by atoms with E-state index in [4.69, 9.17) is 8.88 Å². The Labute approximate surface area is 152 Å². The van der Waals surface area contributed by atoms with Crippen molar-refractivity contribution in [1.82, 2.24) is 0 Å². The first kappa shape index (κ1) is 22.8. The molecule has 0 radical (unpaired) electrons. The molecule has 24 heavy (non-hydrogen) atoms. The minimum atomic E-state index is -2.13. The van der Waals surface area contributed by atoms with Crippen LogP contribution in [0.5, 0.6) is 0 Å². The third-order valence-corrected chi connectivity index (χ3v) is 12.0. The van der Waals surface area contributed by atoms with E-state index in [0.29, 0.717) is 0 Å². The van der Waals surface area contributed by atoms with E-state index in [2.05, 4.69) is 26.9 Å². The summed E-state index contributed by atoms with van der Waals surface area (Å²) in [5.41, 5.74) is 0. The van der Waals surface area contributed by atoms with E-state index in [1.165, 1.54) is 77.0 Å². The molecule has 3 nitrogen and oxygen atoms in total. The van der Waals surface area contributed by atoms with Gasteiger partial charge in [-0.1, -0.05) is 26.2 Å². The van der Waals surface area contributed by atoms with Gasteiger partial charge in [-0.2, -0.15) is 0 Å². The molecule has 0 spiro atoms. The average molecular weight is 378 g/mol. The predicted molar refractivity (Wildman–Crippen MR) is 113 cm³/mol. The number of rotatable bonds is 13. The third-order valence-electron chi connectivity index (χ3n) is 4.62. The van der Waals surface area contributed by atoms with Crippen molar-refractivity contribution in [2.45, 2.75) is 84.0 Å². The van der Waals surface area contributed by atoms with Gasteiger partial charge in [0, 0.05) is 0 Å². The fourth-order valence-electron chi connectivity index (χ4n) is 3.34. The van der Waals surface area contributed by atoms with Crippen LogP contribution in [0.2, 0.25) is 0 Å². The molecule has 0 saturated carbocycles. The Morgan fingerprint density at radius 2 is 1.29 bits per heavy atom. The van der Waals surface area contributed by atoms with Crippen LogP contribution in [0.1, 0.15) is 84.0 Å². The van der Waals surface area contributed by atoms with Gasteiger partial charge in [0.15, 0.2) is 0 Å². The molecule has 1 fully saturated rings. The first-order valence-corrected chi connectivity index (χ1v) is 15.4. The van der Waals surface area contributed by atoms with Crippen molar-refractivity contribution in [3.8, 4) is 0 Å².